The lowest BCUT2D eigenvalue weighted by molar-refractivity contribution is -0.118. The topological polar surface area (TPSA) is 34.1 Å². The average Bonchev–Trinajstić information content (AvgIpc) is 2.29. The molecule has 1 rings (SSSR count). The van der Waals surface area contributed by atoms with E-state index < -0.39 is 0 Å². The van der Waals surface area contributed by atoms with Crippen molar-refractivity contribution < 1.29 is 9.59 Å². The van der Waals surface area contributed by atoms with Gasteiger partial charge in [0.2, 0.25) is 5.12 Å². The van der Waals surface area contributed by atoms with Gasteiger partial charge in [0.1, 0.15) is 5.78 Å². The van der Waals surface area contributed by atoms with Crippen LogP contribution in [0.25, 0.3) is 0 Å². The molecule has 80 valence electrons. The number of carbonyl (C=O) groups is 2. The SMILES string of the molecule is CCC(=O)CCSC(=O)c1ccccc1. The van der Waals surface area contributed by atoms with Crippen LogP contribution in [0.5, 0.6) is 0 Å². The van der Waals surface area contributed by atoms with E-state index in [1.807, 2.05) is 25.1 Å². The summed E-state index contributed by atoms with van der Waals surface area (Å²) in [4.78, 5) is 22.6. The van der Waals surface area contributed by atoms with Crippen molar-refractivity contribution in [2.45, 2.75) is 19.8 Å². The third-order valence-corrected chi connectivity index (χ3v) is 2.92. The van der Waals surface area contributed by atoms with Crippen molar-refractivity contribution in [3.05, 3.63) is 35.9 Å². The molecule has 0 heterocycles. The Hall–Kier alpha value is -1.09. The van der Waals surface area contributed by atoms with Crippen LogP contribution in [-0.2, 0) is 4.79 Å². The summed E-state index contributed by atoms with van der Waals surface area (Å²) in [5.74, 6) is 0.795. The summed E-state index contributed by atoms with van der Waals surface area (Å²) >= 11 is 1.21. The zero-order valence-corrected chi connectivity index (χ0v) is 9.55. The highest BCUT2D eigenvalue weighted by atomic mass is 32.2. The lowest BCUT2D eigenvalue weighted by atomic mass is 10.2. The first-order valence-electron chi connectivity index (χ1n) is 4.98. The molecule has 0 aromatic heterocycles. The Morgan fingerprint density at radius 1 is 1.20 bits per heavy atom. The lowest BCUT2D eigenvalue weighted by Gasteiger charge is -1.99. The molecule has 0 bridgehead atoms. The number of thioether (sulfide) groups is 1. The number of benzene rings is 1. The first kappa shape index (κ1) is 12.0. The molecule has 0 amide bonds. The Kier molecular flexibility index (Phi) is 5.12. The second-order valence-corrected chi connectivity index (χ2v) is 4.21. The van der Waals surface area contributed by atoms with Crippen LogP contribution in [0.4, 0.5) is 0 Å². The molecule has 0 spiro atoms. The Morgan fingerprint density at radius 2 is 1.87 bits per heavy atom. The fourth-order valence-corrected chi connectivity index (χ4v) is 1.91. The van der Waals surface area contributed by atoms with Gasteiger partial charge in [0.15, 0.2) is 0 Å². The van der Waals surface area contributed by atoms with Gasteiger partial charge in [0.25, 0.3) is 0 Å². The van der Waals surface area contributed by atoms with E-state index >= 15 is 0 Å². The summed E-state index contributed by atoms with van der Waals surface area (Å²) < 4.78 is 0. The van der Waals surface area contributed by atoms with Crippen molar-refractivity contribution >= 4 is 22.7 Å². The fraction of sp³-hybridized carbons (Fsp3) is 0.333. The van der Waals surface area contributed by atoms with Gasteiger partial charge in [0, 0.05) is 24.2 Å². The largest absolute Gasteiger partial charge is 0.300 e. The molecule has 0 fully saturated rings. The highest BCUT2D eigenvalue weighted by Crippen LogP contribution is 2.13. The highest BCUT2D eigenvalue weighted by Gasteiger charge is 2.06. The normalized spacial score (nSPS) is 9.93. The maximum absolute atomic E-state index is 11.6. The first-order chi connectivity index (χ1) is 7.24. The predicted octanol–water partition coefficient (Wildman–Crippen LogP) is 2.93. The Bertz CT molecular complexity index is 333. The molecular weight excluding hydrogens is 208 g/mol. The van der Waals surface area contributed by atoms with E-state index in [-0.39, 0.29) is 10.9 Å². The minimum absolute atomic E-state index is 0.0412. The van der Waals surface area contributed by atoms with Gasteiger partial charge in [-0.1, -0.05) is 49.0 Å². The number of ketones is 1. The lowest BCUT2D eigenvalue weighted by Crippen LogP contribution is -2.00. The van der Waals surface area contributed by atoms with E-state index in [2.05, 4.69) is 0 Å². The second kappa shape index (κ2) is 6.40. The summed E-state index contributed by atoms with van der Waals surface area (Å²) in [6, 6.07) is 9.13. The van der Waals surface area contributed by atoms with E-state index in [1.54, 1.807) is 12.1 Å². The Morgan fingerprint density at radius 3 is 2.47 bits per heavy atom. The number of rotatable bonds is 5. The van der Waals surface area contributed by atoms with Crippen LogP contribution in [0.3, 0.4) is 0 Å². The number of hydrogen-bond acceptors (Lipinski definition) is 3. The van der Waals surface area contributed by atoms with Crippen molar-refractivity contribution in [3.63, 3.8) is 0 Å². The molecule has 1 aromatic rings. The van der Waals surface area contributed by atoms with Crippen molar-refractivity contribution in [3.8, 4) is 0 Å². The molecule has 0 unspecified atom stereocenters. The fourth-order valence-electron chi connectivity index (χ4n) is 1.09. The smallest absolute Gasteiger partial charge is 0.219 e. The van der Waals surface area contributed by atoms with Gasteiger partial charge in [-0.15, -0.1) is 0 Å². The molecule has 0 aliphatic carbocycles. The maximum Gasteiger partial charge on any atom is 0.219 e. The molecule has 0 aliphatic rings. The van der Waals surface area contributed by atoms with Crippen LogP contribution < -0.4 is 0 Å². The summed E-state index contributed by atoms with van der Waals surface area (Å²) in [5.41, 5.74) is 0.700. The van der Waals surface area contributed by atoms with E-state index in [9.17, 15) is 9.59 Å². The van der Waals surface area contributed by atoms with Crippen molar-refractivity contribution in [2.75, 3.05) is 5.75 Å². The van der Waals surface area contributed by atoms with Crippen LogP contribution >= 0.6 is 11.8 Å². The van der Waals surface area contributed by atoms with Gasteiger partial charge in [-0.3, -0.25) is 9.59 Å². The van der Waals surface area contributed by atoms with E-state index in [0.29, 0.717) is 24.2 Å². The van der Waals surface area contributed by atoms with Crippen LogP contribution in [0.2, 0.25) is 0 Å². The molecule has 3 heteroatoms. The standard InChI is InChI=1S/C12H14O2S/c1-2-11(13)8-9-15-12(14)10-6-4-3-5-7-10/h3-7H,2,8-9H2,1H3. The number of carbonyl (C=O) groups excluding carboxylic acids is 2. The maximum atomic E-state index is 11.6. The third kappa shape index (κ3) is 4.30. The van der Waals surface area contributed by atoms with Crippen molar-refractivity contribution in [1.29, 1.82) is 0 Å². The minimum Gasteiger partial charge on any atom is -0.300 e. The Balaban J connectivity index is 2.34. The highest BCUT2D eigenvalue weighted by molar-refractivity contribution is 8.14. The van der Waals surface area contributed by atoms with Crippen LogP contribution in [0.15, 0.2) is 30.3 Å². The van der Waals surface area contributed by atoms with Crippen molar-refractivity contribution in [2.24, 2.45) is 0 Å². The molecule has 2 nitrogen and oxygen atoms in total. The van der Waals surface area contributed by atoms with E-state index in [4.69, 9.17) is 0 Å². The molecule has 0 N–H and O–H groups in total. The Labute approximate surface area is 94.1 Å². The van der Waals surface area contributed by atoms with Gasteiger partial charge in [0.05, 0.1) is 0 Å². The van der Waals surface area contributed by atoms with Crippen LogP contribution in [0.1, 0.15) is 30.1 Å². The molecule has 0 saturated heterocycles. The molecule has 0 radical (unpaired) electrons. The predicted molar refractivity (Wildman–Crippen MR) is 63.1 cm³/mol. The molecular formula is C12H14O2S. The second-order valence-electron chi connectivity index (χ2n) is 3.14. The summed E-state index contributed by atoms with van der Waals surface area (Å²) in [6.45, 7) is 1.84. The zero-order chi connectivity index (χ0) is 11.1. The monoisotopic (exact) mass is 222 g/mol. The van der Waals surface area contributed by atoms with Gasteiger partial charge in [-0.2, -0.15) is 0 Å². The van der Waals surface area contributed by atoms with Gasteiger partial charge >= 0.3 is 0 Å². The van der Waals surface area contributed by atoms with Crippen LogP contribution in [-0.4, -0.2) is 16.7 Å². The molecule has 0 saturated carbocycles. The van der Waals surface area contributed by atoms with Gasteiger partial charge in [-0.05, 0) is 0 Å². The summed E-state index contributed by atoms with van der Waals surface area (Å²) in [5, 5.41) is 0.0412. The molecule has 1 aromatic carbocycles. The quantitative estimate of drug-likeness (QED) is 0.768. The first-order valence-corrected chi connectivity index (χ1v) is 5.96. The summed E-state index contributed by atoms with van der Waals surface area (Å²) in [7, 11) is 0. The van der Waals surface area contributed by atoms with Gasteiger partial charge in [-0.25, -0.2) is 0 Å². The van der Waals surface area contributed by atoms with Crippen LogP contribution in [0, 0.1) is 0 Å². The third-order valence-electron chi connectivity index (χ3n) is 2.02. The number of Topliss-reactive ketones (excluding diaryl/α,β-unsaturated/α-hetero) is 1. The molecule has 0 aliphatic heterocycles. The van der Waals surface area contributed by atoms with E-state index in [1.165, 1.54) is 11.8 Å². The average molecular weight is 222 g/mol. The van der Waals surface area contributed by atoms with Gasteiger partial charge < -0.3 is 0 Å². The molecule has 15 heavy (non-hydrogen) atoms. The molecule has 0 atom stereocenters. The van der Waals surface area contributed by atoms with Crippen molar-refractivity contribution in [1.82, 2.24) is 0 Å². The van der Waals surface area contributed by atoms with E-state index in [0.717, 1.165) is 0 Å². The summed E-state index contributed by atoms with van der Waals surface area (Å²) in [6.07, 6.45) is 1.04. The zero-order valence-electron chi connectivity index (χ0n) is 8.73. The minimum atomic E-state index is 0.0412. The number of hydrogen-bond donors (Lipinski definition) is 0.